The molecule has 0 aliphatic heterocycles. The van der Waals surface area contributed by atoms with Crippen molar-refractivity contribution in [2.75, 3.05) is 0 Å². The van der Waals surface area contributed by atoms with Crippen LogP contribution >= 0.6 is 0 Å². The molecule has 3 aliphatic carbocycles. The van der Waals surface area contributed by atoms with Crippen LogP contribution in [0.5, 0.6) is 0 Å². The van der Waals surface area contributed by atoms with Gasteiger partial charge in [0.2, 0.25) is 0 Å². The topological polar surface area (TPSA) is 80.9 Å². The van der Waals surface area contributed by atoms with E-state index < -0.39 is 23.9 Å². The average molecular weight is 433 g/mol. The van der Waals surface area contributed by atoms with Gasteiger partial charge in [-0.05, 0) is 99.5 Å². The van der Waals surface area contributed by atoms with Gasteiger partial charge in [-0.15, -0.1) is 0 Å². The molecule has 7 atom stereocenters. The van der Waals surface area contributed by atoms with Crippen LogP contribution < -0.4 is 0 Å². The van der Waals surface area contributed by atoms with E-state index in [9.17, 15) is 20.4 Å². The van der Waals surface area contributed by atoms with Crippen molar-refractivity contribution in [1.82, 2.24) is 0 Å². The first-order chi connectivity index (χ1) is 14.4. The summed E-state index contributed by atoms with van der Waals surface area (Å²) in [5.41, 5.74) is 2.48. The lowest BCUT2D eigenvalue weighted by atomic mass is 9.60. The van der Waals surface area contributed by atoms with Crippen LogP contribution in [0.25, 0.3) is 0 Å². The average Bonchev–Trinajstić information content (AvgIpc) is 3.04. The van der Waals surface area contributed by atoms with E-state index in [0.717, 1.165) is 24.0 Å². The Kier molecular flexibility index (Phi) is 7.57. The van der Waals surface area contributed by atoms with Crippen LogP contribution in [0, 0.1) is 23.2 Å². The standard InChI is InChI=1S/C27H44O4/c1-17(8-13-25(30)26(3,4)31)22-11-12-23-19(7-6-14-27(22,23)5)9-10-20-15-21(28)16-24(29)18(20)2/h9-10,17,21-25,28-31H,2,6-8,11-16H2,1,3-5H3/t17-,21-,22-,23?,24?,25-,27-/m1/s1. The van der Waals surface area contributed by atoms with Crippen LogP contribution in [0.4, 0.5) is 0 Å². The van der Waals surface area contributed by atoms with Crippen molar-refractivity contribution < 1.29 is 20.4 Å². The molecule has 4 N–H and O–H groups in total. The minimum atomic E-state index is -1.04. The van der Waals surface area contributed by atoms with E-state index in [1.54, 1.807) is 13.8 Å². The summed E-state index contributed by atoms with van der Waals surface area (Å²) in [4.78, 5) is 0. The molecular formula is C27H44O4. The monoisotopic (exact) mass is 432 g/mol. The number of hydrogen-bond acceptors (Lipinski definition) is 4. The molecule has 4 nitrogen and oxygen atoms in total. The summed E-state index contributed by atoms with van der Waals surface area (Å²) in [6, 6.07) is 0. The SMILES string of the molecule is C=C1C(=CC=C2CCC[C@@]3(C)C2CC[C@@H]3[C@H](C)CC[C@@H](O)C(C)(C)O)C[C@@H](O)CC1O. The largest absolute Gasteiger partial charge is 0.393 e. The van der Waals surface area contributed by atoms with Crippen molar-refractivity contribution >= 4 is 0 Å². The number of aliphatic hydroxyl groups is 4. The van der Waals surface area contributed by atoms with Gasteiger partial charge in [0.25, 0.3) is 0 Å². The van der Waals surface area contributed by atoms with E-state index in [1.165, 1.54) is 31.3 Å². The third kappa shape index (κ3) is 5.35. The Labute approximate surface area is 188 Å². The quantitative estimate of drug-likeness (QED) is 0.491. The summed E-state index contributed by atoms with van der Waals surface area (Å²) in [6.07, 6.45) is 11.1. The van der Waals surface area contributed by atoms with Crippen molar-refractivity contribution in [1.29, 1.82) is 0 Å². The highest BCUT2D eigenvalue weighted by Crippen LogP contribution is 2.60. The van der Waals surface area contributed by atoms with Crippen LogP contribution in [-0.4, -0.2) is 44.3 Å². The maximum absolute atomic E-state index is 10.3. The van der Waals surface area contributed by atoms with Gasteiger partial charge in [0.1, 0.15) is 0 Å². The highest BCUT2D eigenvalue weighted by molar-refractivity contribution is 5.38. The Balaban J connectivity index is 1.71. The molecule has 4 heteroatoms. The van der Waals surface area contributed by atoms with E-state index in [0.29, 0.717) is 37.0 Å². The van der Waals surface area contributed by atoms with E-state index in [4.69, 9.17) is 0 Å². The first-order valence-electron chi connectivity index (χ1n) is 12.3. The van der Waals surface area contributed by atoms with Gasteiger partial charge in [0.15, 0.2) is 0 Å². The minimum Gasteiger partial charge on any atom is -0.393 e. The van der Waals surface area contributed by atoms with Crippen LogP contribution in [0.1, 0.15) is 85.5 Å². The zero-order valence-electron chi connectivity index (χ0n) is 20.0. The van der Waals surface area contributed by atoms with Crippen molar-refractivity contribution in [3.63, 3.8) is 0 Å². The van der Waals surface area contributed by atoms with Gasteiger partial charge in [-0.25, -0.2) is 0 Å². The van der Waals surface area contributed by atoms with Crippen LogP contribution in [0.15, 0.2) is 35.5 Å². The fourth-order valence-corrected chi connectivity index (χ4v) is 6.65. The zero-order valence-corrected chi connectivity index (χ0v) is 20.0. The fourth-order valence-electron chi connectivity index (χ4n) is 6.65. The Morgan fingerprint density at radius 1 is 1.19 bits per heavy atom. The molecule has 0 bridgehead atoms. The molecular weight excluding hydrogens is 388 g/mol. The Morgan fingerprint density at radius 2 is 1.90 bits per heavy atom. The van der Waals surface area contributed by atoms with Crippen LogP contribution in [0.2, 0.25) is 0 Å². The molecule has 3 rings (SSSR count). The van der Waals surface area contributed by atoms with Gasteiger partial charge >= 0.3 is 0 Å². The molecule has 0 aromatic heterocycles. The Bertz CT molecular complexity index is 715. The lowest BCUT2D eigenvalue weighted by Crippen LogP contribution is -2.38. The molecule has 0 amide bonds. The second-order valence-electron chi connectivity index (χ2n) is 11.4. The molecule has 3 saturated carbocycles. The molecule has 0 saturated heterocycles. The van der Waals surface area contributed by atoms with Gasteiger partial charge in [-0.1, -0.05) is 38.2 Å². The second-order valence-corrected chi connectivity index (χ2v) is 11.4. The van der Waals surface area contributed by atoms with E-state index >= 15 is 0 Å². The van der Waals surface area contributed by atoms with Gasteiger partial charge in [0, 0.05) is 6.42 Å². The second kappa shape index (κ2) is 9.51. The molecule has 0 radical (unpaired) electrons. The van der Waals surface area contributed by atoms with E-state index in [1.807, 2.05) is 0 Å². The summed E-state index contributed by atoms with van der Waals surface area (Å²) >= 11 is 0. The molecule has 0 heterocycles. The number of rotatable bonds is 6. The highest BCUT2D eigenvalue weighted by atomic mass is 16.3. The van der Waals surface area contributed by atoms with Crippen LogP contribution in [-0.2, 0) is 0 Å². The van der Waals surface area contributed by atoms with Gasteiger partial charge in [0.05, 0.1) is 23.9 Å². The summed E-state index contributed by atoms with van der Waals surface area (Å²) in [7, 11) is 0. The molecule has 3 fully saturated rings. The Morgan fingerprint density at radius 3 is 2.58 bits per heavy atom. The highest BCUT2D eigenvalue weighted by Gasteiger charge is 2.50. The van der Waals surface area contributed by atoms with Crippen LogP contribution in [0.3, 0.4) is 0 Å². The van der Waals surface area contributed by atoms with Crippen molar-refractivity contribution in [2.24, 2.45) is 23.2 Å². The number of hydrogen-bond donors (Lipinski definition) is 4. The Hall–Kier alpha value is -0.940. The minimum absolute atomic E-state index is 0.282. The molecule has 0 aromatic rings. The fraction of sp³-hybridized carbons (Fsp3) is 0.778. The van der Waals surface area contributed by atoms with Gasteiger partial charge in [-0.3, -0.25) is 0 Å². The van der Waals surface area contributed by atoms with Crippen molar-refractivity contribution in [2.45, 2.75) is 109 Å². The van der Waals surface area contributed by atoms with E-state index in [2.05, 4.69) is 32.6 Å². The zero-order chi connectivity index (χ0) is 23.0. The molecule has 2 unspecified atom stereocenters. The summed E-state index contributed by atoms with van der Waals surface area (Å²) < 4.78 is 0. The molecule has 0 aromatic carbocycles. The first kappa shape index (κ1) is 24.7. The van der Waals surface area contributed by atoms with Crippen molar-refractivity contribution in [3.05, 3.63) is 35.5 Å². The number of fused-ring (bicyclic) bond motifs is 1. The molecule has 3 aliphatic rings. The number of aliphatic hydroxyl groups excluding tert-OH is 3. The third-order valence-electron chi connectivity index (χ3n) is 8.70. The van der Waals surface area contributed by atoms with E-state index in [-0.39, 0.29) is 5.41 Å². The number of allylic oxidation sites excluding steroid dienone is 3. The van der Waals surface area contributed by atoms with Gasteiger partial charge in [-0.2, -0.15) is 0 Å². The van der Waals surface area contributed by atoms with Crippen molar-refractivity contribution in [3.8, 4) is 0 Å². The maximum atomic E-state index is 10.3. The lowest BCUT2D eigenvalue weighted by Gasteiger charge is -2.44. The van der Waals surface area contributed by atoms with Gasteiger partial charge < -0.3 is 20.4 Å². The lowest BCUT2D eigenvalue weighted by molar-refractivity contribution is -0.0554. The maximum Gasteiger partial charge on any atom is 0.0849 e. The first-order valence-corrected chi connectivity index (χ1v) is 12.3. The molecule has 31 heavy (non-hydrogen) atoms. The summed E-state index contributed by atoms with van der Waals surface area (Å²) in [6.45, 7) is 12.2. The molecule has 176 valence electrons. The third-order valence-corrected chi connectivity index (χ3v) is 8.70. The molecule has 0 spiro atoms. The summed E-state index contributed by atoms with van der Waals surface area (Å²) in [5.74, 6) is 1.74. The smallest absolute Gasteiger partial charge is 0.0849 e. The summed E-state index contributed by atoms with van der Waals surface area (Å²) in [5, 5.41) is 40.5. The predicted molar refractivity (Wildman–Crippen MR) is 125 cm³/mol. The normalized spacial score (nSPS) is 39.0. The predicted octanol–water partition coefficient (Wildman–Crippen LogP) is 4.68.